The van der Waals surface area contributed by atoms with E-state index in [1.165, 1.54) is 18.2 Å². The van der Waals surface area contributed by atoms with Crippen LogP contribution >= 0.6 is 11.8 Å². The Morgan fingerprint density at radius 1 is 1.28 bits per heavy atom. The molecule has 2 aromatic rings. The van der Waals surface area contributed by atoms with E-state index in [0.717, 1.165) is 40.1 Å². The van der Waals surface area contributed by atoms with Crippen LogP contribution in [0.5, 0.6) is 5.75 Å². The van der Waals surface area contributed by atoms with Crippen LogP contribution in [-0.4, -0.2) is 40.7 Å². The summed E-state index contributed by atoms with van der Waals surface area (Å²) in [6.45, 7) is 6.36. The largest absolute Gasteiger partial charge is 0.497 e. The molecule has 1 aliphatic rings. The number of amides is 1. The van der Waals surface area contributed by atoms with Crippen LogP contribution < -0.4 is 4.74 Å². The molecule has 25 heavy (non-hydrogen) atoms. The van der Waals surface area contributed by atoms with Crippen LogP contribution in [0.1, 0.15) is 38.7 Å². The van der Waals surface area contributed by atoms with Gasteiger partial charge in [0.2, 0.25) is 5.91 Å². The van der Waals surface area contributed by atoms with Crippen molar-refractivity contribution in [2.75, 3.05) is 12.9 Å². The summed E-state index contributed by atoms with van der Waals surface area (Å²) in [5.74, 6) is 1.46. The molecule has 1 aromatic carbocycles. The molecule has 0 radical (unpaired) electrons. The van der Waals surface area contributed by atoms with Gasteiger partial charge in [-0.05, 0) is 63.8 Å². The number of carbonyl (C=O) groups excluding carboxylic acids is 1. The minimum absolute atomic E-state index is 0.219. The van der Waals surface area contributed by atoms with Gasteiger partial charge in [-0.3, -0.25) is 4.79 Å². The normalized spacial score (nSPS) is 20.7. The molecular weight excluding hydrogens is 332 g/mol. The third-order valence-corrected chi connectivity index (χ3v) is 6.06. The highest BCUT2D eigenvalue weighted by Gasteiger charge is 2.28. The zero-order valence-electron chi connectivity index (χ0n) is 15.4. The molecule has 2 atom stereocenters. The maximum absolute atomic E-state index is 12.7. The molecular formula is C20H26N2O2S. The minimum Gasteiger partial charge on any atom is -0.497 e. The van der Waals surface area contributed by atoms with Gasteiger partial charge in [-0.25, -0.2) is 4.98 Å². The first-order valence-electron chi connectivity index (χ1n) is 8.89. The van der Waals surface area contributed by atoms with E-state index in [0.29, 0.717) is 17.8 Å². The maximum atomic E-state index is 12.7. The van der Waals surface area contributed by atoms with Crippen molar-refractivity contribution in [1.29, 1.82) is 0 Å². The van der Waals surface area contributed by atoms with E-state index in [2.05, 4.69) is 31.7 Å². The Morgan fingerprint density at radius 2 is 2.00 bits per heavy atom. The van der Waals surface area contributed by atoms with Gasteiger partial charge in [-0.15, -0.1) is 0 Å². The van der Waals surface area contributed by atoms with Gasteiger partial charge in [-0.1, -0.05) is 11.8 Å². The fraction of sp³-hybridized carbons (Fsp3) is 0.500. The van der Waals surface area contributed by atoms with Crippen molar-refractivity contribution in [1.82, 2.24) is 9.88 Å². The fourth-order valence-corrected chi connectivity index (χ4v) is 4.48. The maximum Gasteiger partial charge on any atom is 0.233 e. The molecule has 0 N–H and O–H groups in total. The number of rotatable bonds is 4. The van der Waals surface area contributed by atoms with Crippen LogP contribution in [0.15, 0.2) is 29.3 Å². The average Bonchev–Trinajstić information content (AvgIpc) is 2.59. The molecule has 0 aliphatic carbocycles. The molecule has 134 valence electrons. The van der Waals surface area contributed by atoms with Crippen LogP contribution in [0.2, 0.25) is 0 Å². The lowest BCUT2D eigenvalue weighted by molar-refractivity contribution is -0.134. The Kier molecular flexibility index (Phi) is 5.52. The van der Waals surface area contributed by atoms with Gasteiger partial charge >= 0.3 is 0 Å². The number of thioether (sulfide) groups is 1. The summed E-state index contributed by atoms with van der Waals surface area (Å²) in [5, 5.41) is 2.01. The second kappa shape index (κ2) is 7.65. The van der Waals surface area contributed by atoms with Crippen LogP contribution in [0.3, 0.4) is 0 Å². The number of nitrogens with zero attached hydrogens (tertiary/aromatic N) is 2. The smallest absolute Gasteiger partial charge is 0.233 e. The summed E-state index contributed by atoms with van der Waals surface area (Å²) < 4.78 is 5.29. The predicted octanol–water partition coefficient (Wildman–Crippen LogP) is 4.43. The van der Waals surface area contributed by atoms with E-state index in [9.17, 15) is 4.79 Å². The highest BCUT2D eigenvalue weighted by Crippen LogP contribution is 2.28. The van der Waals surface area contributed by atoms with E-state index >= 15 is 0 Å². The molecule has 2 heterocycles. The highest BCUT2D eigenvalue weighted by molar-refractivity contribution is 7.99. The Hall–Kier alpha value is -1.75. The number of aromatic nitrogens is 1. The summed E-state index contributed by atoms with van der Waals surface area (Å²) in [5.41, 5.74) is 2.01. The lowest BCUT2D eigenvalue weighted by Gasteiger charge is -2.39. The first-order chi connectivity index (χ1) is 12.0. The SMILES string of the molecule is COc1ccc2cc(C)c(SCC(=O)N3[C@H](C)CCC[C@H]3C)nc2c1. The van der Waals surface area contributed by atoms with Gasteiger partial charge in [-0.2, -0.15) is 0 Å². The first-order valence-corrected chi connectivity index (χ1v) is 9.87. The Labute approximate surface area is 153 Å². The standard InChI is InChI=1S/C20H26N2O2S/c1-13-10-16-8-9-17(24-4)11-18(16)21-20(13)25-12-19(23)22-14(2)6-5-7-15(22)3/h8-11,14-15H,5-7,12H2,1-4H3/t14-,15-/m1/s1. The van der Waals surface area contributed by atoms with Gasteiger partial charge in [0, 0.05) is 23.5 Å². The Balaban J connectivity index is 1.75. The molecule has 0 spiro atoms. The summed E-state index contributed by atoms with van der Waals surface area (Å²) in [6, 6.07) is 8.71. The molecule has 3 rings (SSSR count). The average molecular weight is 359 g/mol. The molecule has 1 fully saturated rings. The van der Waals surface area contributed by atoms with E-state index in [1.54, 1.807) is 7.11 Å². The van der Waals surface area contributed by atoms with E-state index < -0.39 is 0 Å². The topological polar surface area (TPSA) is 42.4 Å². The number of aryl methyl sites for hydroxylation is 1. The van der Waals surface area contributed by atoms with Crippen molar-refractivity contribution < 1.29 is 9.53 Å². The summed E-state index contributed by atoms with van der Waals surface area (Å²) in [4.78, 5) is 19.5. The number of methoxy groups -OCH3 is 1. The van der Waals surface area contributed by atoms with Crippen LogP contribution in [0.25, 0.3) is 10.9 Å². The van der Waals surface area contributed by atoms with Crippen molar-refractivity contribution >= 4 is 28.6 Å². The monoisotopic (exact) mass is 358 g/mol. The second-order valence-electron chi connectivity index (χ2n) is 6.89. The Bertz CT molecular complexity index is 768. The van der Waals surface area contributed by atoms with Crippen LogP contribution in [0, 0.1) is 6.92 Å². The van der Waals surface area contributed by atoms with Gasteiger partial charge in [0.1, 0.15) is 10.8 Å². The van der Waals surface area contributed by atoms with Crippen LogP contribution in [-0.2, 0) is 4.79 Å². The lowest BCUT2D eigenvalue weighted by Crippen LogP contribution is -2.48. The zero-order chi connectivity index (χ0) is 18.0. The van der Waals surface area contributed by atoms with E-state index in [1.807, 2.05) is 18.2 Å². The summed E-state index contributed by atoms with van der Waals surface area (Å²) in [7, 11) is 1.66. The lowest BCUT2D eigenvalue weighted by atomic mass is 9.98. The number of benzene rings is 1. The van der Waals surface area contributed by atoms with Crippen molar-refractivity contribution in [2.24, 2.45) is 0 Å². The number of piperidine rings is 1. The molecule has 0 bridgehead atoms. The minimum atomic E-state index is 0.219. The number of hydrogen-bond acceptors (Lipinski definition) is 4. The number of ether oxygens (including phenoxy) is 1. The quantitative estimate of drug-likeness (QED) is 0.758. The van der Waals surface area contributed by atoms with E-state index in [-0.39, 0.29) is 5.91 Å². The third-order valence-electron chi connectivity index (χ3n) is 4.98. The molecule has 4 nitrogen and oxygen atoms in total. The van der Waals surface area contributed by atoms with E-state index in [4.69, 9.17) is 9.72 Å². The Morgan fingerprint density at radius 3 is 2.68 bits per heavy atom. The third kappa shape index (κ3) is 3.92. The zero-order valence-corrected chi connectivity index (χ0v) is 16.2. The van der Waals surface area contributed by atoms with Gasteiger partial charge in [0.25, 0.3) is 0 Å². The summed E-state index contributed by atoms with van der Waals surface area (Å²) in [6.07, 6.45) is 3.42. The van der Waals surface area contributed by atoms with Crippen molar-refractivity contribution in [3.63, 3.8) is 0 Å². The van der Waals surface area contributed by atoms with Crippen LogP contribution in [0.4, 0.5) is 0 Å². The second-order valence-corrected chi connectivity index (χ2v) is 7.85. The number of pyridine rings is 1. The van der Waals surface area contributed by atoms with Crippen molar-refractivity contribution in [3.05, 3.63) is 29.8 Å². The fourth-order valence-electron chi connectivity index (χ4n) is 3.63. The van der Waals surface area contributed by atoms with Crippen molar-refractivity contribution in [2.45, 2.75) is 57.1 Å². The van der Waals surface area contributed by atoms with Gasteiger partial charge in [0.05, 0.1) is 18.4 Å². The molecule has 1 amide bonds. The molecule has 0 saturated carbocycles. The predicted molar refractivity (Wildman–Crippen MR) is 103 cm³/mol. The number of likely N-dealkylation sites (tertiary alicyclic amines) is 1. The molecule has 1 saturated heterocycles. The molecule has 0 unspecified atom stereocenters. The number of carbonyl (C=O) groups is 1. The first kappa shape index (κ1) is 18.1. The number of hydrogen-bond donors (Lipinski definition) is 0. The van der Waals surface area contributed by atoms with Crippen molar-refractivity contribution in [3.8, 4) is 5.75 Å². The van der Waals surface area contributed by atoms with Gasteiger partial charge < -0.3 is 9.64 Å². The molecule has 1 aromatic heterocycles. The molecule has 5 heteroatoms. The number of fused-ring (bicyclic) bond motifs is 1. The van der Waals surface area contributed by atoms with Gasteiger partial charge in [0.15, 0.2) is 0 Å². The summed E-state index contributed by atoms with van der Waals surface area (Å²) >= 11 is 1.54. The molecule has 1 aliphatic heterocycles. The highest BCUT2D eigenvalue weighted by atomic mass is 32.2.